The molecule has 3 atom stereocenters. The standard InChI is InChI=1S/C19H23F3N4O/c1-12-10-18(27,13-4-6-14(7-5-13)19(20,21)22)11-16(24-12)15-8-9-23-17(25-15)26(2)3/h4-9,12,16,24,27H,10-11H2,1-3H3/t12-,16-,18?/m0/s1. The van der Waals surface area contributed by atoms with E-state index in [9.17, 15) is 18.3 Å². The first-order valence-corrected chi connectivity index (χ1v) is 8.75. The zero-order chi connectivity index (χ0) is 19.8. The first kappa shape index (κ1) is 19.6. The summed E-state index contributed by atoms with van der Waals surface area (Å²) in [5.74, 6) is 0.561. The normalized spacial score (nSPS) is 26.0. The van der Waals surface area contributed by atoms with Gasteiger partial charge >= 0.3 is 6.18 Å². The van der Waals surface area contributed by atoms with Gasteiger partial charge in [-0.25, -0.2) is 9.97 Å². The van der Waals surface area contributed by atoms with Crippen LogP contribution in [0.2, 0.25) is 0 Å². The lowest BCUT2D eigenvalue weighted by atomic mass is 9.78. The third kappa shape index (κ3) is 4.22. The summed E-state index contributed by atoms with van der Waals surface area (Å²) in [6.07, 6.45) is -2.02. The van der Waals surface area contributed by atoms with Crippen molar-refractivity contribution >= 4 is 5.95 Å². The molecule has 0 bridgehead atoms. The van der Waals surface area contributed by atoms with Crippen molar-refractivity contribution in [3.8, 4) is 0 Å². The molecule has 2 heterocycles. The summed E-state index contributed by atoms with van der Waals surface area (Å²) in [6.45, 7) is 1.94. The van der Waals surface area contributed by atoms with Gasteiger partial charge in [0.1, 0.15) is 0 Å². The minimum Gasteiger partial charge on any atom is -0.385 e. The van der Waals surface area contributed by atoms with Crippen LogP contribution in [0.4, 0.5) is 19.1 Å². The first-order valence-electron chi connectivity index (χ1n) is 8.75. The quantitative estimate of drug-likeness (QED) is 0.856. The highest BCUT2D eigenvalue weighted by Gasteiger charge is 2.40. The van der Waals surface area contributed by atoms with E-state index in [0.29, 0.717) is 24.4 Å². The summed E-state index contributed by atoms with van der Waals surface area (Å²) in [5.41, 5.74) is -0.732. The van der Waals surface area contributed by atoms with Gasteiger partial charge in [0.05, 0.1) is 22.9 Å². The zero-order valence-corrected chi connectivity index (χ0v) is 15.5. The van der Waals surface area contributed by atoms with Crippen LogP contribution in [0.5, 0.6) is 0 Å². The van der Waals surface area contributed by atoms with Crippen molar-refractivity contribution in [2.45, 2.75) is 43.6 Å². The van der Waals surface area contributed by atoms with E-state index in [1.54, 1.807) is 17.2 Å². The van der Waals surface area contributed by atoms with E-state index in [2.05, 4.69) is 15.3 Å². The average molecular weight is 380 g/mol. The Hall–Kier alpha value is -2.19. The van der Waals surface area contributed by atoms with Crippen LogP contribution in [0.3, 0.4) is 0 Å². The third-order valence-corrected chi connectivity index (χ3v) is 4.84. The lowest BCUT2D eigenvalue weighted by Crippen LogP contribution is -2.47. The second-order valence-electron chi connectivity index (χ2n) is 7.31. The van der Waals surface area contributed by atoms with Gasteiger partial charge in [-0.3, -0.25) is 0 Å². The van der Waals surface area contributed by atoms with Crippen molar-refractivity contribution in [3.63, 3.8) is 0 Å². The Morgan fingerprint density at radius 1 is 1.15 bits per heavy atom. The number of hydrogen-bond acceptors (Lipinski definition) is 5. The highest BCUT2D eigenvalue weighted by molar-refractivity contribution is 5.32. The average Bonchev–Trinajstić information content (AvgIpc) is 2.60. The molecule has 1 fully saturated rings. The van der Waals surface area contributed by atoms with Crippen molar-refractivity contribution < 1.29 is 18.3 Å². The van der Waals surface area contributed by atoms with Crippen LogP contribution in [0.1, 0.15) is 42.6 Å². The summed E-state index contributed by atoms with van der Waals surface area (Å²) in [7, 11) is 3.68. The number of alkyl halides is 3. The molecule has 1 unspecified atom stereocenters. The Morgan fingerprint density at radius 2 is 1.81 bits per heavy atom. The summed E-state index contributed by atoms with van der Waals surface area (Å²) in [4.78, 5) is 10.5. The Kier molecular flexibility index (Phi) is 5.14. The molecule has 1 aliphatic rings. The molecule has 5 nitrogen and oxygen atoms in total. The van der Waals surface area contributed by atoms with Gasteiger partial charge in [-0.2, -0.15) is 13.2 Å². The van der Waals surface area contributed by atoms with E-state index in [4.69, 9.17) is 0 Å². The summed E-state index contributed by atoms with van der Waals surface area (Å²) in [5, 5.41) is 14.7. The van der Waals surface area contributed by atoms with E-state index in [1.807, 2.05) is 21.0 Å². The van der Waals surface area contributed by atoms with Crippen LogP contribution in [-0.2, 0) is 11.8 Å². The number of nitrogens with zero attached hydrogens (tertiary/aromatic N) is 3. The van der Waals surface area contributed by atoms with Gasteiger partial charge in [-0.05, 0) is 37.1 Å². The molecule has 8 heteroatoms. The number of aliphatic hydroxyl groups is 1. The van der Waals surface area contributed by atoms with Gasteiger partial charge in [0.25, 0.3) is 0 Å². The van der Waals surface area contributed by atoms with E-state index < -0.39 is 17.3 Å². The molecule has 27 heavy (non-hydrogen) atoms. The SMILES string of the molecule is C[C@H]1CC(O)(c2ccc(C(F)(F)F)cc2)C[C@@H](c2ccnc(N(C)C)n2)N1. The molecule has 0 amide bonds. The van der Waals surface area contributed by atoms with Gasteiger partial charge in [-0.1, -0.05) is 12.1 Å². The summed E-state index contributed by atoms with van der Waals surface area (Å²) >= 11 is 0. The number of aromatic nitrogens is 2. The van der Waals surface area contributed by atoms with Crippen molar-refractivity contribution in [2.75, 3.05) is 19.0 Å². The fourth-order valence-electron chi connectivity index (χ4n) is 3.56. The Labute approximate surface area is 156 Å². The molecule has 0 aliphatic carbocycles. The molecule has 0 radical (unpaired) electrons. The number of halogens is 3. The van der Waals surface area contributed by atoms with Crippen molar-refractivity contribution in [2.24, 2.45) is 0 Å². The predicted molar refractivity (Wildman–Crippen MR) is 96.3 cm³/mol. The maximum Gasteiger partial charge on any atom is 0.416 e. The smallest absolute Gasteiger partial charge is 0.385 e. The molecule has 1 aromatic carbocycles. The highest BCUT2D eigenvalue weighted by atomic mass is 19.4. The van der Waals surface area contributed by atoms with Crippen LogP contribution in [0.15, 0.2) is 36.5 Å². The predicted octanol–water partition coefficient (Wildman–Crippen LogP) is 3.26. The monoisotopic (exact) mass is 380 g/mol. The number of anilines is 1. The third-order valence-electron chi connectivity index (χ3n) is 4.84. The van der Waals surface area contributed by atoms with Gasteiger partial charge in [0.15, 0.2) is 0 Å². The van der Waals surface area contributed by atoms with Crippen molar-refractivity contribution in [1.29, 1.82) is 0 Å². The lowest BCUT2D eigenvalue weighted by Gasteiger charge is -2.41. The van der Waals surface area contributed by atoms with E-state index >= 15 is 0 Å². The van der Waals surface area contributed by atoms with Crippen molar-refractivity contribution in [1.82, 2.24) is 15.3 Å². The van der Waals surface area contributed by atoms with E-state index in [0.717, 1.165) is 17.8 Å². The van der Waals surface area contributed by atoms with Gasteiger partial charge < -0.3 is 15.3 Å². The number of hydrogen-bond donors (Lipinski definition) is 2. The summed E-state index contributed by atoms with van der Waals surface area (Å²) < 4.78 is 38.4. The Morgan fingerprint density at radius 3 is 2.41 bits per heavy atom. The van der Waals surface area contributed by atoms with Crippen LogP contribution in [0, 0.1) is 0 Å². The second-order valence-corrected chi connectivity index (χ2v) is 7.31. The van der Waals surface area contributed by atoms with Crippen LogP contribution in [-0.4, -0.2) is 35.2 Å². The maximum atomic E-state index is 12.8. The largest absolute Gasteiger partial charge is 0.416 e. The Bertz CT molecular complexity index is 794. The van der Waals surface area contributed by atoms with Gasteiger partial charge in [0, 0.05) is 32.8 Å². The molecule has 0 spiro atoms. The van der Waals surface area contributed by atoms with E-state index in [1.165, 1.54) is 12.1 Å². The van der Waals surface area contributed by atoms with Crippen molar-refractivity contribution in [3.05, 3.63) is 53.3 Å². The molecule has 146 valence electrons. The van der Waals surface area contributed by atoms with Gasteiger partial charge in [0.2, 0.25) is 5.95 Å². The lowest BCUT2D eigenvalue weighted by molar-refractivity contribution is -0.137. The van der Waals surface area contributed by atoms with Crippen LogP contribution >= 0.6 is 0 Å². The minimum atomic E-state index is -4.39. The number of piperidine rings is 1. The number of rotatable bonds is 3. The molecular weight excluding hydrogens is 357 g/mol. The maximum absolute atomic E-state index is 12.8. The molecule has 1 aromatic heterocycles. The molecular formula is C19H23F3N4O. The first-order chi connectivity index (χ1) is 12.6. The number of benzene rings is 1. The zero-order valence-electron chi connectivity index (χ0n) is 15.5. The molecule has 2 aromatic rings. The molecule has 1 saturated heterocycles. The van der Waals surface area contributed by atoms with Gasteiger partial charge in [-0.15, -0.1) is 0 Å². The topological polar surface area (TPSA) is 61.3 Å². The molecule has 1 aliphatic heterocycles. The fraction of sp³-hybridized carbons (Fsp3) is 0.474. The highest BCUT2D eigenvalue weighted by Crippen LogP contribution is 2.40. The van der Waals surface area contributed by atoms with Crippen LogP contribution in [0.25, 0.3) is 0 Å². The second kappa shape index (κ2) is 7.09. The minimum absolute atomic E-state index is 0.0335. The summed E-state index contributed by atoms with van der Waals surface area (Å²) in [6, 6.07) is 6.28. The van der Waals surface area contributed by atoms with Crippen LogP contribution < -0.4 is 10.2 Å². The molecule has 2 N–H and O–H groups in total. The fourth-order valence-corrected chi connectivity index (χ4v) is 3.56. The van der Waals surface area contributed by atoms with E-state index in [-0.39, 0.29) is 12.1 Å². The Balaban J connectivity index is 1.89. The molecule has 3 rings (SSSR count). The number of nitrogens with one attached hydrogen (secondary N) is 1. The molecule has 0 saturated carbocycles.